The van der Waals surface area contributed by atoms with E-state index >= 15 is 0 Å². The third-order valence-electron chi connectivity index (χ3n) is 3.51. The van der Waals surface area contributed by atoms with Crippen LogP contribution in [0.5, 0.6) is 0 Å². The van der Waals surface area contributed by atoms with Crippen LogP contribution >= 0.6 is 34.2 Å². The Balaban J connectivity index is 2.18. The number of piperazine rings is 1. The van der Waals surface area contributed by atoms with E-state index in [0.29, 0.717) is 12.1 Å². The van der Waals surface area contributed by atoms with Crippen LogP contribution in [0.1, 0.15) is 26.7 Å². The first-order valence-electron chi connectivity index (χ1n) is 6.57. The van der Waals surface area contributed by atoms with Gasteiger partial charge in [0.05, 0.1) is 5.69 Å². The molecule has 0 radical (unpaired) electrons. The summed E-state index contributed by atoms with van der Waals surface area (Å²) in [6.45, 7) is 6.67. The van der Waals surface area contributed by atoms with Crippen molar-refractivity contribution >= 4 is 39.9 Å². The average molecular weight is 379 g/mol. The minimum atomic E-state index is 0.535. The minimum absolute atomic E-state index is 0.535. The van der Waals surface area contributed by atoms with Gasteiger partial charge in [-0.25, -0.2) is 0 Å². The summed E-state index contributed by atoms with van der Waals surface area (Å²) in [5.74, 6) is 0. The highest BCUT2D eigenvalue weighted by molar-refractivity contribution is 14.1. The SMILES string of the molecule is CCCC1CN(c2ccc(Cl)cc2I)C(C)CN1. The van der Waals surface area contributed by atoms with Gasteiger partial charge < -0.3 is 10.2 Å². The Morgan fingerprint density at radius 3 is 2.94 bits per heavy atom. The number of halogens is 2. The lowest BCUT2D eigenvalue weighted by atomic mass is 10.1. The molecular formula is C14H20ClIN2. The molecule has 2 unspecified atom stereocenters. The number of rotatable bonds is 3. The second-order valence-corrected chi connectivity index (χ2v) is 6.59. The zero-order valence-corrected chi connectivity index (χ0v) is 13.8. The number of benzene rings is 1. The highest BCUT2D eigenvalue weighted by Crippen LogP contribution is 2.28. The molecule has 1 N–H and O–H groups in total. The van der Waals surface area contributed by atoms with Gasteiger partial charge in [-0.15, -0.1) is 0 Å². The summed E-state index contributed by atoms with van der Waals surface area (Å²) < 4.78 is 1.24. The van der Waals surface area contributed by atoms with Crippen molar-refractivity contribution in [2.75, 3.05) is 18.0 Å². The van der Waals surface area contributed by atoms with Gasteiger partial charge in [0, 0.05) is 33.8 Å². The third-order valence-corrected chi connectivity index (χ3v) is 4.61. The predicted octanol–water partition coefficient (Wildman–Crippen LogP) is 3.91. The maximum Gasteiger partial charge on any atom is 0.0506 e. The number of hydrogen-bond acceptors (Lipinski definition) is 2. The van der Waals surface area contributed by atoms with E-state index < -0.39 is 0 Å². The summed E-state index contributed by atoms with van der Waals surface area (Å²) in [5.41, 5.74) is 1.31. The van der Waals surface area contributed by atoms with Gasteiger partial charge in [0.15, 0.2) is 0 Å². The summed E-state index contributed by atoms with van der Waals surface area (Å²) in [5, 5.41) is 4.45. The van der Waals surface area contributed by atoms with Crippen molar-refractivity contribution in [3.05, 3.63) is 26.8 Å². The van der Waals surface area contributed by atoms with Crippen LogP contribution in [0.4, 0.5) is 5.69 Å². The molecule has 0 aliphatic carbocycles. The lowest BCUT2D eigenvalue weighted by Gasteiger charge is -2.41. The van der Waals surface area contributed by atoms with Crippen molar-refractivity contribution < 1.29 is 0 Å². The van der Waals surface area contributed by atoms with Gasteiger partial charge in [-0.2, -0.15) is 0 Å². The number of nitrogens with zero attached hydrogens (tertiary/aromatic N) is 1. The molecule has 18 heavy (non-hydrogen) atoms. The molecule has 0 bridgehead atoms. The summed E-state index contributed by atoms with van der Waals surface area (Å²) >= 11 is 8.42. The molecule has 1 aliphatic rings. The van der Waals surface area contributed by atoms with E-state index in [0.717, 1.165) is 18.1 Å². The largest absolute Gasteiger partial charge is 0.365 e. The fraction of sp³-hybridized carbons (Fsp3) is 0.571. The van der Waals surface area contributed by atoms with Gasteiger partial charge in [0.25, 0.3) is 0 Å². The Bertz CT molecular complexity index is 411. The van der Waals surface area contributed by atoms with E-state index in [2.05, 4.69) is 52.7 Å². The second-order valence-electron chi connectivity index (χ2n) is 4.99. The molecule has 0 amide bonds. The predicted molar refractivity (Wildman–Crippen MR) is 87.7 cm³/mol. The molecule has 1 aromatic carbocycles. The van der Waals surface area contributed by atoms with Crippen molar-refractivity contribution in [3.63, 3.8) is 0 Å². The minimum Gasteiger partial charge on any atom is -0.365 e. The van der Waals surface area contributed by atoms with E-state index in [1.807, 2.05) is 12.1 Å². The highest BCUT2D eigenvalue weighted by Gasteiger charge is 2.25. The lowest BCUT2D eigenvalue weighted by Crippen LogP contribution is -2.55. The fourth-order valence-corrected chi connectivity index (χ4v) is 3.70. The standard InChI is InChI=1S/C14H20ClIN2/c1-3-4-12-9-18(10(2)8-17-12)14-6-5-11(15)7-13(14)16/h5-7,10,12,17H,3-4,8-9H2,1-2H3. The third kappa shape index (κ3) is 3.31. The monoisotopic (exact) mass is 378 g/mol. The lowest BCUT2D eigenvalue weighted by molar-refractivity contribution is 0.386. The van der Waals surface area contributed by atoms with Gasteiger partial charge >= 0.3 is 0 Å². The molecule has 1 fully saturated rings. The molecule has 0 aromatic heterocycles. The van der Waals surface area contributed by atoms with Crippen molar-refractivity contribution in [1.82, 2.24) is 5.32 Å². The number of hydrogen-bond donors (Lipinski definition) is 1. The Labute approximate surface area is 128 Å². The van der Waals surface area contributed by atoms with Crippen molar-refractivity contribution in [3.8, 4) is 0 Å². The normalized spacial score (nSPS) is 24.3. The maximum atomic E-state index is 6.03. The molecule has 1 aliphatic heterocycles. The molecule has 2 rings (SSSR count). The van der Waals surface area contributed by atoms with E-state index in [4.69, 9.17) is 11.6 Å². The second kappa shape index (κ2) is 6.44. The first-order chi connectivity index (χ1) is 8.61. The van der Waals surface area contributed by atoms with Gasteiger partial charge in [0.2, 0.25) is 0 Å². The summed E-state index contributed by atoms with van der Waals surface area (Å²) in [7, 11) is 0. The molecule has 4 heteroatoms. The zero-order chi connectivity index (χ0) is 13.1. The van der Waals surface area contributed by atoms with Gasteiger partial charge in [0.1, 0.15) is 0 Å². The van der Waals surface area contributed by atoms with Crippen LogP contribution in [0.15, 0.2) is 18.2 Å². The Morgan fingerprint density at radius 1 is 1.50 bits per heavy atom. The zero-order valence-electron chi connectivity index (χ0n) is 10.9. The fourth-order valence-electron chi connectivity index (χ4n) is 2.52. The molecular weight excluding hydrogens is 359 g/mol. The van der Waals surface area contributed by atoms with Crippen LogP contribution in [0, 0.1) is 3.57 Å². The van der Waals surface area contributed by atoms with Gasteiger partial charge in [-0.3, -0.25) is 0 Å². The van der Waals surface area contributed by atoms with E-state index in [-0.39, 0.29) is 0 Å². The Morgan fingerprint density at radius 2 is 2.28 bits per heavy atom. The molecule has 2 nitrogen and oxygen atoms in total. The highest BCUT2D eigenvalue weighted by atomic mass is 127. The van der Waals surface area contributed by atoms with Crippen LogP contribution in [-0.4, -0.2) is 25.2 Å². The van der Waals surface area contributed by atoms with Gasteiger partial charge in [-0.1, -0.05) is 24.9 Å². The summed E-state index contributed by atoms with van der Waals surface area (Å²) in [4.78, 5) is 2.51. The molecule has 2 atom stereocenters. The summed E-state index contributed by atoms with van der Waals surface area (Å²) in [6.07, 6.45) is 2.48. The number of anilines is 1. The molecule has 1 saturated heterocycles. The van der Waals surface area contributed by atoms with E-state index in [9.17, 15) is 0 Å². The van der Waals surface area contributed by atoms with Crippen LogP contribution in [-0.2, 0) is 0 Å². The van der Waals surface area contributed by atoms with Crippen LogP contribution in [0.2, 0.25) is 5.02 Å². The number of nitrogens with one attached hydrogen (secondary N) is 1. The Hall–Kier alpha value is -0.0000000000000000763. The molecule has 1 heterocycles. The molecule has 1 aromatic rings. The van der Waals surface area contributed by atoms with Crippen LogP contribution < -0.4 is 10.2 Å². The van der Waals surface area contributed by atoms with Crippen LogP contribution in [0.3, 0.4) is 0 Å². The Kier molecular flexibility index (Phi) is 5.15. The molecule has 100 valence electrons. The first kappa shape index (κ1) is 14.4. The van der Waals surface area contributed by atoms with E-state index in [1.165, 1.54) is 22.1 Å². The van der Waals surface area contributed by atoms with Crippen molar-refractivity contribution in [2.45, 2.75) is 38.8 Å². The molecule has 0 spiro atoms. The van der Waals surface area contributed by atoms with E-state index in [1.54, 1.807) is 0 Å². The van der Waals surface area contributed by atoms with Crippen LogP contribution in [0.25, 0.3) is 0 Å². The average Bonchev–Trinajstić information content (AvgIpc) is 2.33. The van der Waals surface area contributed by atoms with Crippen molar-refractivity contribution in [2.24, 2.45) is 0 Å². The quantitative estimate of drug-likeness (QED) is 0.802. The topological polar surface area (TPSA) is 15.3 Å². The first-order valence-corrected chi connectivity index (χ1v) is 8.02. The van der Waals surface area contributed by atoms with Crippen molar-refractivity contribution in [1.29, 1.82) is 0 Å². The smallest absolute Gasteiger partial charge is 0.0506 e. The molecule has 0 saturated carbocycles. The maximum absolute atomic E-state index is 6.03. The van der Waals surface area contributed by atoms with Gasteiger partial charge in [-0.05, 0) is 54.1 Å². The summed E-state index contributed by atoms with van der Waals surface area (Å²) in [6, 6.07) is 7.32.